The third kappa shape index (κ3) is 3.78. The maximum atomic E-state index is 13.3. The van der Waals surface area contributed by atoms with E-state index in [1.165, 1.54) is 6.07 Å². The van der Waals surface area contributed by atoms with Crippen LogP contribution in [0.5, 0.6) is 0 Å². The lowest BCUT2D eigenvalue weighted by atomic mass is 9.77. The van der Waals surface area contributed by atoms with E-state index in [1.54, 1.807) is 0 Å². The Morgan fingerprint density at radius 3 is 1.97 bits per heavy atom. The van der Waals surface area contributed by atoms with Crippen molar-refractivity contribution in [1.29, 1.82) is 0 Å². The first-order valence-electron chi connectivity index (χ1n) is 8.80. The number of fused-ring (bicyclic) bond motifs is 2. The van der Waals surface area contributed by atoms with Crippen molar-refractivity contribution in [2.45, 2.75) is 36.6 Å². The molecule has 1 aromatic rings. The molecule has 2 aliphatic rings. The molecule has 0 unspecified atom stereocenters. The van der Waals surface area contributed by atoms with Gasteiger partial charge in [0.1, 0.15) is 0 Å². The largest absolute Gasteiger partial charge is 0.491 e. The van der Waals surface area contributed by atoms with Crippen molar-refractivity contribution in [2.24, 2.45) is 0 Å². The number of amides is 2. The van der Waals surface area contributed by atoms with E-state index >= 15 is 0 Å². The van der Waals surface area contributed by atoms with Crippen LogP contribution in [0, 0.1) is 0 Å². The molecule has 0 aromatic heterocycles. The molecule has 1 aromatic carbocycles. The van der Waals surface area contributed by atoms with Crippen molar-refractivity contribution in [3.05, 3.63) is 42.1 Å². The number of carbonyl (C=O) groups is 3. The monoisotopic (exact) mass is 490 g/mol. The normalized spacial score (nSPS) is 23.2. The summed E-state index contributed by atoms with van der Waals surface area (Å²) in [6, 6.07) is 4.20. The van der Waals surface area contributed by atoms with Crippen molar-refractivity contribution in [3.8, 4) is 0 Å². The van der Waals surface area contributed by atoms with Crippen LogP contribution in [0.3, 0.4) is 0 Å². The molecule has 1 saturated heterocycles. The molecule has 1 fully saturated rings. The molecule has 2 atom stereocenters. The quantitative estimate of drug-likeness (QED) is 0.446. The van der Waals surface area contributed by atoms with E-state index in [2.05, 4.69) is 11.3 Å². The van der Waals surface area contributed by atoms with Gasteiger partial charge in [0, 0.05) is 12.2 Å². The summed E-state index contributed by atoms with van der Waals surface area (Å²) in [7, 11) is 0. The van der Waals surface area contributed by atoms with Crippen LogP contribution in [0.4, 0.5) is 45.2 Å². The van der Waals surface area contributed by atoms with Crippen molar-refractivity contribution in [2.75, 3.05) is 11.4 Å². The minimum absolute atomic E-state index is 0.0206. The average Bonchev–Trinajstić information content (AvgIpc) is 3.15. The molecule has 6 nitrogen and oxygen atoms in total. The number of hydrogen-bond acceptors (Lipinski definition) is 4. The maximum Gasteiger partial charge on any atom is 0.491 e. The van der Waals surface area contributed by atoms with Gasteiger partial charge in [0.25, 0.3) is 0 Å². The summed E-state index contributed by atoms with van der Waals surface area (Å²) in [5.74, 6) is -8.21. The Balaban J connectivity index is 2.22. The van der Waals surface area contributed by atoms with E-state index in [-0.39, 0.29) is 15.4 Å². The van der Waals surface area contributed by atoms with Gasteiger partial charge in [-0.15, -0.1) is 0 Å². The van der Waals surface area contributed by atoms with Gasteiger partial charge < -0.3 is 9.64 Å². The number of alkyl halides is 9. The number of ether oxygens (including phenoxy) is 1. The number of nitrogens with zero attached hydrogens (tertiary/aromatic N) is 2. The van der Waals surface area contributed by atoms with Gasteiger partial charge >= 0.3 is 36.3 Å². The first-order chi connectivity index (χ1) is 14.9. The fourth-order valence-electron chi connectivity index (χ4n) is 3.96. The molecule has 0 saturated carbocycles. The molecule has 3 rings (SSSR count). The number of hydrogen-bond donors (Lipinski definition) is 0. The highest BCUT2D eigenvalue weighted by Crippen LogP contribution is 2.56. The Kier molecular flexibility index (Phi) is 5.45. The minimum atomic E-state index is -5.72. The SMILES string of the molecule is C=C1N(C(=O)C(F)(F)F)CC[C@]12c1ccccc1N(C(=O)C(F)(F)F)[C@H]2OC(=O)C(F)(F)F. The second kappa shape index (κ2) is 7.38. The molecule has 0 N–H and O–H groups in total. The summed E-state index contributed by atoms with van der Waals surface area (Å²) >= 11 is 0. The van der Waals surface area contributed by atoms with Gasteiger partial charge in [0.05, 0.1) is 11.1 Å². The Labute approximate surface area is 178 Å². The number of para-hydroxylation sites is 1. The Hall–Kier alpha value is -3.26. The zero-order chi connectivity index (χ0) is 25.1. The van der Waals surface area contributed by atoms with Crippen molar-refractivity contribution in [1.82, 2.24) is 4.90 Å². The third-order valence-electron chi connectivity index (χ3n) is 5.27. The van der Waals surface area contributed by atoms with Gasteiger partial charge in [0.15, 0.2) is 6.23 Å². The fraction of sp³-hybridized carbons (Fsp3) is 0.389. The number of esters is 1. The summed E-state index contributed by atoms with van der Waals surface area (Å²) in [6.45, 7) is 2.46. The number of anilines is 1. The van der Waals surface area contributed by atoms with Gasteiger partial charge in [-0.1, -0.05) is 24.8 Å². The number of benzene rings is 1. The number of carbonyl (C=O) groups excluding carboxylic acids is 3. The molecular weight excluding hydrogens is 479 g/mol. The number of halogens is 9. The molecule has 180 valence electrons. The van der Waals surface area contributed by atoms with Crippen LogP contribution in [0.25, 0.3) is 0 Å². The van der Waals surface area contributed by atoms with Gasteiger partial charge in [-0.25, -0.2) is 4.79 Å². The lowest BCUT2D eigenvalue weighted by molar-refractivity contribution is -0.208. The predicted molar refractivity (Wildman–Crippen MR) is 89.1 cm³/mol. The molecule has 15 heteroatoms. The Bertz CT molecular complexity index is 1030. The topological polar surface area (TPSA) is 66.9 Å². The second-order valence-corrected chi connectivity index (χ2v) is 7.07. The smallest absolute Gasteiger partial charge is 0.433 e. The van der Waals surface area contributed by atoms with Crippen molar-refractivity contribution < 1.29 is 58.6 Å². The molecule has 0 aliphatic carbocycles. The maximum absolute atomic E-state index is 13.3. The minimum Gasteiger partial charge on any atom is -0.433 e. The van der Waals surface area contributed by atoms with Crippen LogP contribution in [-0.4, -0.2) is 54.0 Å². The van der Waals surface area contributed by atoms with Crippen LogP contribution >= 0.6 is 0 Å². The first-order valence-corrected chi connectivity index (χ1v) is 8.80. The van der Waals surface area contributed by atoms with Crippen molar-refractivity contribution >= 4 is 23.5 Å². The highest BCUT2D eigenvalue weighted by Gasteiger charge is 2.65. The lowest BCUT2D eigenvalue weighted by Crippen LogP contribution is -2.55. The molecule has 2 aliphatic heterocycles. The van der Waals surface area contributed by atoms with Gasteiger partial charge in [-0.05, 0) is 18.1 Å². The number of rotatable bonds is 1. The summed E-state index contributed by atoms with van der Waals surface area (Å²) in [5, 5.41) is 0. The summed E-state index contributed by atoms with van der Waals surface area (Å²) in [4.78, 5) is 35.2. The van der Waals surface area contributed by atoms with Crippen LogP contribution in [-0.2, 0) is 24.5 Å². The van der Waals surface area contributed by atoms with Crippen LogP contribution in [0.1, 0.15) is 12.0 Å². The lowest BCUT2D eigenvalue weighted by Gasteiger charge is -2.36. The highest BCUT2D eigenvalue weighted by atomic mass is 19.4. The Morgan fingerprint density at radius 1 is 0.909 bits per heavy atom. The average molecular weight is 490 g/mol. The zero-order valence-electron chi connectivity index (χ0n) is 15.9. The van der Waals surface area contributed by atoms with Crippen molar-refractivity contribution in [3.63, 3.8) is 0 Å². The highest BCUT2D eigenvalue weighted by molar-refractivity contribution is 6.01. The molecule has 2 heterocycles. The summed E-state index contributed by atoms with van der Waals surface area (Å²) in [6.07, 6.45) is -20.3. The predicted octanol–water partition coefficient (Wildman–Crippen LogP) is 3.57. The zero-order valence-corrected chi connectivity index (χ0v) is 15.9. The number of likely N-dealkylation sites (tertiary alicyclic amines) is 1. The second-order valence-electron chi connectivity index (χ2n) is 7.07. The molecular formula is C18H11F9N2O4. The molecule has 0 radical (unpaired) electrons. The van der Waals surface area contributed by atoms with E-state index in [0.29, 0.717) is 0 Å². The van der Waals surface area contributed by atoms with E-state index in [1.807, 2.05) is 0 Å². The summed E-state index contributed by atoms with van der Waals surface area (Å²) < 4.78 is 122. The van der Waals surface area contributed by atoms with E-state index in [9.17, 15) is 53.9 Å². The molecule has 2 amide bonds. The standard InChI is InChI=1S/C18H11F9N2O4/c1-8-15(6-7-28(8)11(30)16(19,20)21)9-4-2-3-5-10(9)29(12(31)17(22,23)24)13(15)33-14(32)18(25,26)27/h2-5,13H,1,6-7H2/t13-,15+/m0/s1. The van der Waals surface area contributed by atoms with Crippen LogP contribution < -0.4 is 4.90 Å². The third-order valence-corrected chi connectivity index (χ3v) is 5.27. The first kappa shape index (κ1) is 24.4. The van der Waals surface area contributed by atoms with Gasteiger partial charge in [-0.2, -0.15) is 39.5 Å². The molecule has 0 bridgehead atoms. The van der Waals surface area contributed by atoms with Gasteiger partial charge in [0.2, 0.25) is 0 Å². The molecule has 33 heavy (non-hydrogen) atoms. The summed E-state index contributed by atoms with van der Waals surface area (Å²) in [5.41, 5.74) is -4.30. The van der Waals surface area contributed by atoms with E-state index < -0.39 is 72.3 Å². The Morgan fingerprint density at radius 2 is 1.45 bits per heavy atom. The fourth-order valence-corrected chi connectivity index (χ4v) is 3.96. The van der Waals surface area contributed by atoms with Crippen LogP contribution in [0.2, 0.25) is 0 Å². The van der Waals surface area contributed by atoms with E-state index in [4.69, 9.17) is 0 Å². The van der Waals surface area contributed by atoms with E-state index in [0.717, 1.165) is 18.2 Å². The van der Waals surface area contributed by atoms with Crippen LogP contribution in [0.15, 0.2) is 36.5 Å². The van der Waals surface area contributed by atoms with Gasteiger partial charge in [-0.3, -0.25) is 14.5 Å². The molecule has 1 spiro atoms.